The van der Waals surface area contributed by atoms with E-state index in [1.54, 1.807) is 10.6 Å². The second kappa shape index (κ2) is 5.49. The van der Waals surface area contributed by atoms with E-state index >= 15 is 0 Å². The highest BCUT2D eigenvalue weighted by Gasteiger charge is 2.34. The summed E-state index contributed by atoms with van der Waals surface area (Å²) >= 11 is 1.44. The molecule has 1 fully saturated rings. The van der Waals surface area contributed by atoms with Crippen LogP contribution in [0.25, 0.3) is 4.96 Å². The monoisotopic (exact) mass is 294 g/mol. The van der Waals surface area contributed by atoms with Crippen molar-refractivity contribution in [3.05, 3.63) is 27.4 Å². The van der Waals surface area contributed by atoms with Crippen molar-refractivity contribution in [1.29, 1.82) is 0 Å². The van der Waals surface area contributed by atoms with Crippen molar-refractivity contribution >= 4 is 22.1 Å². The topological polar surface area (TPSA) is 72.5 Å². The van der Waals surface area contributed by atoms with Gasteiger partial charge in [-0.2, -0.15) is 9.38 Å². The number of nitrogens with one attached hydrogen (secondary N) is 1. The Morgan fingerprint density at radius 3 is 3.10 bits per heavy atom. The predicted octanol–water partition coefficient (Wildman–Crippen LogP) is 2.62. The third-order valence-electron chi connectivity index (χ3n) is 3.74. The molecule has 6 nitrogen and oxygen atoms in total. The molecule has 0 spiro atoms. The Morgan fingerprint density at radius 2 is 2.45 bits per heavy atom. The summed E-state index contributed by atoms with van der Waals surface area (Å²) in [5.74, 6) is 0.783. The number of rotatable bonds is 7. The maximum atomic E-state index is 11.3. The highest BCUT2D eigenvalue weighted by atomic mass is 32.1. The van der Waals surface area contributed by atoms with Gasteiger partial charge in [0.05, 0.1) is 0 Å². The molecule has 1 aliphatic rings. The zero-order valence-electron chi connectivity index (χ0n) is 11.4. The van der Waals surface area contributed by atoms with E-state index in [4.69, 9.17) is 0 Å². The minimum atomic E-state index is -0.314. The van der Waals surface area contributed by atoms with E-state index in [9.17, 15) is 10.1 Å². The first-order valence-corrected chi connectivity index (χ1v) is 7.91. The van der Waals surface area contributed by atoms with Crippen molar-refractivity contribution in [2.45, 2.75) is 38.6 Å². The summed E-state index contributed by atoms with van der Waals surface area (Å²) in [7, 11) is 0. The van der Waals surface area contributed by atoms with Gasteiger partial charge in [0.25, 0.3) is 4.96 Å². The van der Waals surface area contributed by atoms with E-state index in [0.717, 1.165) is 13.0 Å². The SMILES string of the molecule is CCCNC(Cc1nc2sccn2c1[N+](=O)[O-])C1CC1. The van der Waals surface area contributed by atoms with E-state index in [2.05, 4.69) is 17.2 Å². The first-order chi connectivity index (χ1) is 9.70. The van der Waals surface area contributed by atoms with Crippen LogP contribution in [0.4, 0.5) is 5.82 Å². The molecule has 1 atom stereocenters. The van der Waals surface area contributed by atoms with Crippen LogP contribution in [-0.2, 0) is 6.42 Å². The number of thiazole rings is 1. The van der Waals surface area contributed by atoms with Crippen LogP contribution in [0.5, 0.6) is 0 Å². The summed E-state index contributed by atoms with van der Waals surface area (Å²) in [4.78, 5) is 16.1. The molecule has 2 aromatic rings. The second-order valence-corrected chi connectivity index (χ2v) is 6.17. The summed E-state index contributed by atoms with van der Waals surface area (Å²) in [5.41, 5.74) is 0.613. The smallest absolute Gasteiger partial charge is 0.351 e. The molecule has 108 valence electrons. The van der Waals surface area contributed by atoms with Crippen molar-refractivity contribution in [2.24, 2.45) is 5.92 Å². The molecule has 1 saturated carbocycles. The van der Waals surface area contributed by atoms with Crippen LogP contribution >= 0.6 is 11.3 Å². The minimum absolute atomic E-state index is 0.130. The Bertz CT molecular complexity index is 617. The van der Waals surface area contributed by atoms with Crippen LogP contribution in [0.1, 0.15) is 31.9 Å². The number of hydrogen-bond acceptors (Lipinski definition) is 5. The fourth-order valence-corrected chi connectivity index (χ4v) is 3.32. The molecule has 0 amide bonds. The summed E-state index contributed by atoms with van der Waals surface area (Å²) in [6.45, 7) is 3.09. The molecule has 0 aliphatic heterocycles. The maximum Gasteiger partial charge on any atom is 0.351 e. The second-order valence-electron chi connectivity index (χ2n) is 5.30. The summed E-state index contributed by atoms with van der Waals surface area (Å²) in [5, 5.41) is 16.6. The summed E-state index contributed by atoms with van der Waals surface area (Å²) in [6, 6.07) is 0.318. The molecule has 0 radical (unpaired) electrons. The third kappa shape index (κ3) is 2.55. The molecule has 0 saturated heterocycles. The molecule has 0 bridgehead atoms. The molecule has 3 rings (SSSR count). The van der Waals surface area contributed by atoms with Gasteiger partial charge >= 0.3 is 5.82 Å². The van der Waals surface area contributed by atoms with Crippen LogP contribution < -0.4 is 5.32 Å². The fraction of sp³-hybridized carbons (Fsp3) is 0.615. The van der Waals surface area contributed by atoms with Gasteiger partial charge in [-0.1, -0.05) is 18.3 Å². The molecule has 7 heteroatoms. The Hall–Kier alpha value is -1.47. The van der Waals surface area contributed by atoms with Crippen molar-refractivity contribution in [3.8, 4) is 0 Å². The zero-order chi connectivity index (χ0) is 14.1. The van der Waals surface area contributed by atoms with Gasteiger partial charge in [0, 0.05) is 17.8 Å². The number of nitrogens with zero attached hydrogens (tertiary/aromatic N) is 3. The molecule has 20 heavy (non-hydrogen) atoms. The normalized spacial score (nSPS) is 16.6. The average molecular weight is 294 g/mol. The zero-order valence-corrected chi connectivity index (χ0v) is 12.2. The molecule has 2 heterocycles. The predicted molar refractivity (Wildman–Crippen MR) is 78.2 cm³/mol. The highest BCUT2D eigenvalue weighted by Crippen LogP contribution is 2.35. The van der Waals surface area contributed by atoms with E-state index in [0.29, 0.717) is 29.0 Å². The Labute approximate surface area is 121 Å². The van der Waals surface area contributed by atoms with Crippen molar-refractivity contribution < 1.29 is 4.92 Å². The van der Waals surface area contributed by atoms with Gasteiger partial charge in [-0.15, -0.1) is 0 Å². The van der Waals surface area contributed by atoms with Crippen LogP contribution in [-0.4, -0.2) is 26.9 Å². The number of nitro groups is 1. The highest BCUT2D eigenvalue weighted by molar-refractivity contribution is 7.15. The van der Waals surface area contributed by atoms with Crippen LogP contribution in [0.3, 0.4) is 0 Å². The lowest BCUT2D eigenvalue weighted by atomic mass is 10.1. The van der Waals surface area contributed by atoms with Gasteiger partial charge in [0.2, 0.25) is 0 Å². The molecule has 1 N–H and O–H groups in total. The van der Waals surface area contributed by atoms with E-state index in [1.165, 1.54) is 24.2 Å². The largest absolute Gasteiger partial charge is 0.358 e. The minimum Gasteiger partial charge on any atom is -0.358 e. The van der Waals surface area contributed by atoms with Crippen molar-refractivity contribution in [1.82, 2.24) is 14.7 Å². The molecular weight excluding hydrogens is 276 g/mol. The van der Waals surface area contributed by atoms with E-state index in [1.807, 2.05) is 5.38 Å². The van der Waals surface area contributed by atoms with Gasteiger partial charge in [0.15, 0.2) is 0 Å². The first-order valence-electron chi connectivity index (χ1n) is 7.03. The molecule has 1 aliphatic carbocycles. The van der Waals surface area contributed by atoms with Gasteiger partial charge < -0.3 is 15.4 Å². The Kier molecular flexibility index (Phi) is 3.71. The standard InChI is InChI=1S/C13H18N4O2S/c1-2-5-14-10(9-3-4-9)8-11-12(17(18)19)16-6-7-20-13(16)15-11/h6-7,9-10,14H,2-5,8H2,1H3. The number of aromatic nitrogens is 2. The average Bonchev–Trinajstić information content (AvgIpc) is 3.05. The van der Waals surface area contributed by atoms with Crippen molar-refractivity contribution in [2.75, 3.05) is 6.54 Å². The molecule has 0 aromatic carbocycles. The van der Waals surface area contributed by atoms with E-state index < -0.39 is 0 Å². The Balaban J connectivity index is 1.86. The summed E-state index contributed by atoms with van der Waals surface area (Å²) in [6.07, 6.45) is 5.88. The van der Waals surface area contributed by atoms with Gasteiger partial charge in [-0.05, 0) is 36.6 Å². The quantitative estimate of drug-likeness (QED) is 0.629. The van der Waals surface area contributed by atoms with Gasteiger partial charge in [-0.25, -0.2) is 0 Å². The maximum absolute atomic E-state index is 11.3. The third-order valence-corrected chi connectivity index (χ3v) is 4.50. The summed E-state index contributed by atoms with van der Waals surface area (Å²) < 4.78 is 1.59. The van der Waals surface area contributed by atoms with E-state index in [-0.39, 0.29) is 10.7 Å². The lowest BCUT2D eigenvalue weighted by Gasteiger charge is -2.16. The fourth-order valence-electron chi connectivity index (χ4n) is 2.59. The number of hydrogen-bond donors (Lipinski definition) is 1. The first kappa shape index (κ1) is 13.5. The lowest BCUT2D eigenvalue weighted by Crippen LogP contribution is -2.34. The van der Waals surface area contributed by atoms with Crippen LogP contribution in [0.2, 0.25) is 0 Å². The Morgan fingerprint density at radius 1 is 1.65 bits per heavy atom. The number of imidazole rings is 1. The number of fused-ring (bicyclic) bond motifs is 1. The van der Waals surface area contributed by atoms with Gasteiger partial charge in [-0.3, -0.25) is 0 Å². The van der Waals surface area contributed by atoms with Crippen LogP contribution in [0.15, 0.2) is 11.6 Å². The molecule has 1 unspecified atom stereocenters. The molecule has 2 aromatic heterocycles. The van der Waals surface area contributed by atoms with Gasteiger partial charge in [0.1, 0.15) is 11.9 Å². The lowest BCUT2D eigenvalue weighted by molar-refractivity contribution is -0.391. The molecular formula is C13H18N4O2S. The van der Waals surface area contributed by atoms with Crippen molar-refractivity contribution in [3.63, 3.8) is 0 Å². The van der Waals surface area contributed by atoms with Crippen LogP contribution in [0, 0.1) is 16.0 Å².